The Bertz CT molecular complexity index is 589. The van der Waals surface area contributed by atoms with Gasteiger partial charge in [0.15, 0.2) is 0 Å². The first kappa shape index (κ1) is 17.3. The maximum atomic E-state index is 12.5. The SMILES string of the molecule is C[C@H](c1ccccc1)N1CC(OC(=O)N(C)C(C)(C)C)C2(CC2)C1. The predicted octanol–water partition coefficient (Wildman–Crippen LogP) is 4.08. The number of carbonyl (C=O) groups is 1. The standard InChI is InChI=1S/C20H30N2O2/c1-15(16-9-7-6-8-10-16)22-13-17(20(14-22)11-12-20)24-18(23)21(5)19(2,3)4/h6-10,15,17H,11-14H2,1-5H3/t15-,17?/m1/s1. The number of amides is 1. The van der Waals surface area contributed by atoms with Gasteiger partial charge in [0.25, 0.3) is 0 Å². The van der Waals surface area contributed by atoms with Gasteiger partial charge in [-0.2, -0.15) is 0 Å². The van der Waals surface area contributed by atoms with Crippen molar-refractivity contribution in [3.63, 3.8) is 0 Å². The Morgan fingerprint density at radius 1 is 1.29 bits per heavy atom. The number of nitrogens with zero attached hydrogens (tertiary/aromatic N) is 2. The van der Waals surface area contributed by atoms with E-state index in [2.05, 4.69) is 42.2 Å². The van der Waals surface area contributed by atoms with Crippen LogP contribution in [0.15, 0.2) is 30.3 Å². The lowest BCUT2D eigenvalue weighted by Gasteiger charge is -2.32. The number of likely N-dealkylation sites (tertiary alicyclic amines) is 1. The lowest BCUT2D eigenvalue weighted by Crippen LogP contribution is -2.45. The van der Waals surface area contributed by atoms with Crippen molar-refractivity contribution in [1.29, 1.82) is 0 Å². The van der Waals surface area contributed by atoms with E-state index in [1.54, 1.807) is 4.90 Å². The van der Waals surface area contributed by atoms with E-state index in [4.69, 9.17) is 4.74 Å². The minimum Gasteiger partial charge on any atom is -0.444 e. The molecular weight excluding hydrogens is 300 g/mol. The smallest absolute Gasteiger partial charge is 0.410 e. The van der Waals surface area contributed by atoms with Crippen molar-refractivity contribution in [2.24, 2.45) is 5.41 Å². The molecule has 0 bridgehead atoms. The van der Waals surface area contributed by atoms with Crippen LogP contribution in [0.3, 0.4) is 0 Å². The molecule has 0 aromatic heterocycles. The number of hydrogen-bond donors (Lipinski definition) is 0. The topological polar surface area (TPSA) is 32.8 Å². The summed E-state index contributed by atoms with van der Waals surface area (Å²) < 4.78 is 5.94. The third-order valence-electron chi connectivity index (χ3n) is 5.85. The van der Waals surface area contributed by atoms with Crippen LogP contribution in [0, 0.1) is 5.41 Å². The Morgan fingerprint density at radius 2 is 1.92 bits per heavy atom. The van der Waals surface area contributed by atoms with Crippen LogP contribution in [0.2, 0.25) is 0 Å². The zero-order valence-corrected chi connectivity index (χ0v) is 15.6. The van der Waals surface area contributed by atoms with Gasteiger partial charge in [0, 0.05) is 37.1 Å². The Morgan fingerprint density at radius 3 is 2.46 bits per heavy atom. The third kappa shape index (κ3) is 3.30. The maximum absolute atomic E-state index is 12.5. The second-order valence-electron chi connectivity index (χ2n) is 8.48. The summed E-state index contributed by atoms with van der Waals surface area (Å²) in [7, 11) is 1.82. The molecule has 1 aromatic rings. The lowest BCUT2D eigenvalue weighted by atomic mass is 10.0. The van der Waals surface area contributed by atoms with Crippen LogP contribution in [0.5, 0.6) is 0 Å². The maximum Gasteiger partial charge on any atom is 0.410 e. The lowest BCUT2D eigenvalue weighted by molar-refractivity contribution is 0.0312. The zero-order chi connectivity index (χ0) is 17.5. The minimum atomic E-state index is -0.219. The van der Waals surface area contributed by atoms with Gasteiger partial charge in [-0.05, 0) is 46.1 Å². The van der Waals surface area contributed by atoms with Gasteiger partial charge in [-0.1, -0.05) is 30.3 Å². The summed E-state index contributed by atoms with van der Waals surface area (Å²) in [6.07, 6.45) is 2.15. The molecule has 1 aromatic carbocycles. The molecule has 1 aliphatic heterocycles. The highest BCUT2D eigenvalue weighted by molar-refractivity contribution is 5.68. The average Bonchev–Trinajstić information content (AvgIpc) is 3.23. The molecule has 1 heterocycles. The van der Waals surface area contributed by atoms with Crippen LogP contribution < -0.4 is 0 Å². The number of ether oxygens (including phenoxy) is 1. The summed E-state index contributed by atoms with van der Waals surface area (Å²) in [6.45, 7) is 10.2. The van der Waals surface area contributed by atoms with E-state index in [-0.39, 0.29) is 23.2 Å². The molecule has 3 rings (SSSR count). The molecular formula is C20H30N2O2. The molecule has 2 aliphatic rings. The third-order valence-corrected chi connectivity index (χ3v) is 5.85. The molecule has 1 spiro atoms. The van der Waals surface area contributed by atoms with E-state index in [0.29, 0.717) is 6.04 Å². The second kappa shape index (κ2) is 6.07. The van der Waals surface area contributed by atoms with Crippen LogP contribution in [0.25, 0.3) is 0 Å². The van der Waals surface area contributed by atoms with Crippen molar-refractivity contribution in [3.05, 3.63) is 35.9 Å². The summed E-state index contributed by atoms with van der Waals surface area (Å²) in [5.41, 5.74) is 1.30. The van der Waals surface area contributed by atoms with Gasteiger partial charge in [0.05, 0.1) is 0 Å². The molecule has 0 radical (unpaired) electrons. The summed E-state index contributed by atoms with van der Waals surface area (Å²) >= 11 is 0. The fraction of sp³-hybridized carbons (Fsp3) is 0.650. The average molecular weight is 330 g/mol. The van der Waals surface area contributed by atoms with Gasteiger partial charge in [0.2, 0.25) is 0 Å². The van der Waals surface area contributed by atoms with E-state index in [0.717, 1.165) is 13.1 Å². The molecule has 132 valence electrons. The fourth-order valence-corrected chi connectivity index (χ4v) is 3.49. The first-order valence-electron chi connectivity index (χ1n) is 8.96. The Balaban J connectivity index is 1.67. The monoisotopic (exact) mass is 330 g/mol. The molecule has 4 heteroatoms. The van der Waals surface area contributed by atoms with Gasteiger partial charge in [-0.25, -0.2) is 4.79 Å². The highest BCUT2D eigenvalue weighted by Gasteiger charge is 2.58. The fourth-order valence-electron chi connectivity index (χ4n) is 3.49. The van der Waals surface area contributed by atoms with Crippen molar-refractivity contribution in [2.45, 2.75) is 58.2 Å². The van der Waals surface area contributed by atoms with E-state index < -0.39 is 0 Å². The first-order chi connectivity index (χ1) is 11.2. The van der Waals surface area contributed by atoms with Gasteiger partial charge >= 0.3 is 6.09 Å². The van der Waals surface area contributed by atoms with Gasteiger partial charge in [-0.15, -0.1) is 0 Å². The molecule has 1 saturated carbocycles. The zero-order valence-electron chi connectivity index (χ0n) is 15.6. The summed E-state index contributed by atoms with van der Waals surface area (Å²) in [6, 6.07) is 10.9. The molecule has 1 amide bonds. The van der Waals surface area contributed by atoms with Crippen LogP contribution in [-0.2, 0) is 4.74 Å². The minimum absolute atomic E-state index is 0.0148. The summed E-state index contributed by atoms with van der Waals surface area (Å²) in [5.74, 6) is 0. The number of hydrogen-bond acceptors (Lipinski definition) is 3. The first-order valence-corrected chi connectivity index (χ1v) is 8.96. The normalized spacial score (nSPS) is 24.0. The molecule has 1 aliphatic carbocycles. The van der Waals surface area contributed by atoms with Crippen molar-refractivity contribution in [2.75, 3.05) is 20.1 Å². The Hall–Kier alpha value is -1.55. The molecule has 4 nitrogen and oxygen atoms in total. The Kier molecular flexibility index (Phi) is 4.37. The second-order valence-corrected chi connectivity index (χ2v) is 8.48. The van der Waals surface area contributed by atoms with Gasteiger partial charge in [0.1, 0.15) is 6.10 Å². The highest BCUT2D eigenvalue weighted by Crippen LogP contribution is 2.55. The van der Waals surface area contributed by atoms with Crippen molar-refractivity contribution in [1.82, 2.24) is 9.80 Å². The quantitative estimate of drug-likeness (QED) is 0.837. The largest absolute Gasteiger partial charge is 0.444 e. The molecule has 2 atom stereocenters. The van der Waals surface area contributed by atoms with Crippen LogP contribution in [0.1, 0.15) is 52.1 Å². The van der Waals surface area contributed by atoms with Crippen molar-refractivity contribution >= 4 is 6.09 Å². The van der Waals surface area contributed by atoms with Gasteiger partial charge in [-0.3, -0.25) is 4.90 Å². The molecule has 0 N–H and O–H groups in total. The van der Waals surface area contributed by atoms with Crippen LogP contribution in [-0.4, -0.2) is 47.7 Å². The number of benzene rings is 1. The van der Waals surface area contributed by atoms with E-state index in [1.165, 1.54) is 18.4 Å². The van der Waals surface area contributed by atoms with E-state index in [1.807, 2.05) is 27.8 Å². The molecule has 1 unspecified atom stereocenters. The number of carbonyl (C=O) groups excluding carboxylic acids is 1. The molecule has 24 heavy (non-hydrogen) atoms. The van der Waals surface area contributed by atoms with Crippen LogP contribution in [0.4, 0.5) is 4.79 Å². The Labute approximate surface area is 145 Å². The van der Waals surface area contributed by atoms with E-state index >= 15 is 0 Å². The summed E-state index contributed by atoms with van der Waals surface area (Å²) in [5, 5.41) is 0. The summed E-state index contributed by atoms with van der Waals surface area (Å²) in [4.78, 5) is 16.7. The van der Waals surface area contributed by atoms with Crippen molar-refractivity contribution in [3.8, 4) is 0 Å². The molecule has 2 fully saturated rings. The highest BCUT2D eigenvalue weighted by atomic mass is 16.6. The van der Waals surface area contributed by atoms with Crippen molar-refractivity contribution < 1.29 is 9.53 Å². The van der Waals surface area contributed by atoms with Gasteiger partial charge < -0.3 is 9.64 Å². The number of rotatable bonds is 3. The predicted molar refractivity (Wildman–Crippen MR) is 95.9 cm³/mol. The van der Waals surface area contributed by atoms with E-state index in [9.17, 15) is 4.79 Å². The van der Waals surface area contributed by atoms with Crippen LogP contribution >= 0.6 is 0 Å². The molecule has 1 saturated heterocycles.